The second-order valence-electron chi connectivity index (χ2n) is 5.78. The number of nitrogens with one attached hydrogen (secondary N) is 2. The Morgan fingerprint density at radius 2 is 2.06 bits per heavy atom. The summed E-state index contributed by atoms with van der Waals surface area (Å²) < 4.78 is 0. The van der Waals surface area contributed by atoms with E-state index >= 15 is 0 Å². The summed E-state index contributed by atoms with van der Waals surface area (Å²) in [5, 5.41) is 6.31. The molecule has 0 saturated carbocycles. The van der Waals surface area contributed by atoms with Gasteiger partial charge in [0.15, 0.2) is 0 Å². The summed E-state index contributed by atoms with van der Waals surface area (Å²) in [7, 11) is 1.98. The smallest absolute Gasteiger partial charge is 0.234 e. The Labute approximate surface area is 111 Å². The Bertz CT molecular complexity index is 253. The minimum atomic E-state index is 0.166. The zero-order chi connectivity index (χ0) is 13.5. The van der Waals surface area contributed by atoms with Gasteiger partial charge in [0.2, 0.25) is 5.91 Å². The number of hydrogen-bond acceptors (Lipinski definition) is 3. The summed E-state index contributed by atoms with van der Waals surface area (Å²) in [5.74, 6) is 0.655. The molecule has 2 N–H and O–H groups in total. The lowest BCUT2D eigenvalue weighted by molar-refractivity contribution is -0.124. The van der Waals surface area contributed by atoms with Crippen molar-refractivity contribution in [2.45, 2.75) is 52.1 Å². The maximum absolute atomic E-state index is 12.0. The van der Waals surface area contributed by atoms with Crippen LogP contribution in [0.25, 0.3) is 0 Å². The van der Waals surface area contributed by atoms with Gasteiger partial charge in [0.05, 0.1) is 6.54 Å². The van der Waals surface area contributed by atoms with Gasteiger partial charge in [-0.25, -0.2) is 0 Å². The first-order chi connectivity index (χ1) is 8.54. The second-order valence-corrected chi connectivity index (χ2v) is 5.78. The van der Waals surface area contributed by atoms with Crippen molar-refractivity contribution in [1.82, 2.24) is 15.5 Å². The highest BCUT2D eigenvalue weighted by molar-refractivity contribution is 5.78. The molecule has 0 radical (unpaired) electrons. The van der Waals surface area contributed by atoms with E-state index in [9.17, 15) is 4.79 Å². The van der Waals surface area contributed by atoms with Gasteiger partial charge in [-0.1, -0.05) is 20.3 Å². The summed E-state index contributed by atoms with van der Waals surface area (Å²) in [6.07, 6.45) is 3.70. The van der Waals surface area contributed by atoms with Gasteiger partial charge in [0.1, 0.15) is 0 Å². The molecule has 1 amide bonds. The fourth-order valence-electron chi connectivity index (χ4n) is 2.39. The first kappa shape index (κ1) is 15.4. The van der Waals surface area contributed by atoms with E-state index in [1.54, 1.807) is 0 Å². The number of hydrogen-bond donors (Lipinski definition) is 2. The van der Waals surface area contributed by atoms with Gasteiger partial charge < -0.3 is 10.6 Å². The molecule has 2 unspecified atom stereocenters. The van der Waals surface area contributed by atoms with E-state index in [4.69, 9.17) is 0 Å². The molecular weight excluding hydrogens is 226 g/mol. The van der Waals surface area contributed by atoms with Crippen LogP contribution in [0.5, 0.6) is 0 Å². The standard InChI is InChI=1S/C14H29N3O/c1-11(2)12(3)16-14(18)10-17-8-6-5-7-13(17)9-15-4/h11-13,15H,5-10H2,1-4H3,(H,16,18). The van der Waals surface area contributed by atoms with Crippen LogP contribution in [0, 0.1) is 5.92 Å². The zero-order valence-electron chi connectivity index (χ0n) is 12.3. The van der Waals surface area contributed by atoms with E-state index in [2.05, 4.69) is 36.3 Å². The molecule has 1 heterocycles. The third kappa shape index (κ3) is 4.94. The number of likely N-dealkylation sites (tertiary alicyclic amines) is 1. The lowest BCUT2D eigenvalue weighted by atomic mass is 10.0. The van der Waals surface area contributed by atoms with Gasteiger partial charge in [0, 0.05) is 18.6 Å². The van der Waals surface area contributed by atoms with Crippen molar-refractivity contribution in [2.75, 3.05) is 26.7 Å². The Hall–Kier alpha value is -0.610. The molecule has 4 nitrogen and oxygen atoms in total. The van der Waals surface area contributed by atoms with Crippen molar-refractivity contribution < 1.29 is 4.79 Å². The van der Waals surface area contributed by atoms with Crippen molar-refractivity contribution in [3.63, 3.8) is 0 Å². The first-order valence-electron chi connectivity index (χ1n) is 7.22. The van der Waals surface area contributed by atoms with Crippen LogP contribution in [0.15, 0.2) is 0 Å². The summed E-state index contributed by atoms with van der Waals surface area (Å²) >= 11 is 0. The minimum absolute atomic E-state index is 0.166. The van der Waals surface area contributed by atoms with E-state index in [1.807, 2.05) is 7.05 Å². The largest absolute Gasteiger partial charge is 0.352 e. The van der Waals surface area contributed by atoms with Crippen LogP contribution < -0.4 is 10.6 Å². The fourth-order valence-corrected chi connectivity index (χ4v) is 2.39. The zero-order valence-corrected chi connectivity index (χ0v) is 12.3. The number of nitrogens with zero attached hydrogens (tertiary/aromatic N) is 1. The molecule has 1 saturated heterocycles. The Morgan fingerprint density at radius 3 is 2.67 bits per heavy atom. The molecule has 0 aliphatic carbocycles. The summed E-state index contributed by atoms with van der Waals surface area (Å²) in [4.78, 5) is 14.3. The maximum atomic E-state index is 12.0. The van der Waals surface area contributed by atoms with E-state index in [1.165, 1.54) is 19.3 Å². The summed E-state index contributed by atoms with van der Waals surface area (Å²) in [6, 6.07) is 0.772. The average molecular weight is 255 g/mol. The van der Waals surface area contributed by atoms with Crippen LogP contribution in [0.4, 0.5) is 0 Å². The van der Waals surface area contributed by atoms with Crippen LogP contribution >= 0.6 is 0 Å². The van der Waals surface area contributed by atoms with Gasteiger partial charge >= 0.3 is 0 Å². The van der Waals surface area contributed by atoms with E-state index in [0.29, 0.717) is 18.5 Å². The number of carbonyl (C=O) groups is 1. The van der Waals surface area contributed by atoms with E-state index in [-0.39, 0.29) is 11.9 Å². The van der Waals surface area contributed by atoms with Crippen LogP contribution in [0.2, 0.25) is 0 Å². The third-order valence-corrected chi connectivity index (χ3v) is 3.92. The lowest BCUT2D eigenvalue weighted by Gasteiger charge is -2.35. The molecular formula is C14H29N3O. The predicted molar refractivity (Wildman–Crippen MR) is 75.6 cm³/mol. The highest BCUT2D eigenvalue weighted by atomic mass is 16.2. The average Bonchev–Trinajstić information content (AvgIpc) is 2.31. The fraction of sp³-hybridized carbons (Fsp3) is 0.929. The van der Waals surface area contributed by atoms with Gasteiger partial charge in [-0.05, 0) is 39.3 Å². The van der Waals surface area contributed by atoms with Crippen molar-refractivity contribution in [3.05, 3.63) is 0 Å². The normalized spacial score (nSPS) is 23.1. The number of likely N-dealkylation sites (N-methyl/N-ethyl adjacent to an activating group) is 1. The maximum Gasteiger partial charge on any atom is 0.234 e. The molecule has 1 fully saturated rings. The van der Waals surface area contributed by atoms with Crippen LogP contribution in [0.1, 0.15) is 40.0 Å². The highest BCUT2D eigenvalue weighted by Crippen LogP contribution is 2.15. The molecule has 0 aromatic heterocycles. The van der Waals surface area contributed by atoms with Crippen molar-refractivity contribution in [3.8, 4) is 0 Å². The van der Waals surface area contributed by atoms with E-state index in [0.717, 1.165) is 13.1 Å². The molecule has 0 spiro atoms. The number of rotatable bonds is 6. The topological polar surface area (TPSA) is 44.4 Å². The molecule has 0 aromatic rings. The van der Waals surface area contributed by atoms with Crippen molar-refractivity contribution >= 4 is 5.91 Å². The molecule has 4 heteroatoms. The number of carbonyl (C=O) groups excluding carboxylic acids is 1. The molecule has 1 rings (SSSR count). The Morgan fingerprint density at radius 1 is 1.33 bits per heavy atom. The van der Waals surface area contributed by atoms with Gasteiger partial charge in [-0.2, -0.15) is 0 Å². The number of amides is 1. The summed E-state index contributed by atoms with van der Waals surface area (Å²) in [5.41, 5.74) is 0. The monoisotopic (exact) mass is 255 g/mol. The van der Waals surface area contributed by atoms with Gasteiger partial charge in [-0.15, -0.1) is 0 Å². The van der Waals surface area contributed by atoms with Crippen LogP contribution in [0.3, 0.4) is 0 Å². The Kier molecular flexibility index (Phi) is 6.65. The first-order valence-corrected chi connectivity index (χ1v) is 7.22. The highest BCUT2D eigenvalue weighted by Gasteiger charge is 2.24. The predicted octanol–water partition coefficient (Wildman–Crippen LogP) is 1.22. The third-order valence-electron chi connectivity index (χ3n) is 3.92. The SMILES string of the molecule is CNCC1CCCCN1CC(=O)NC(C)C(C)C. The van der Waals surface area contributed by atoms with Crippen molar-refractivity contribution in [2.24, 2.45) is 5.92 Å². The van der Waals surface area contributed by atoms with Crippen LogP contribution in [-0.2, 0) is 4.79 Å². The molecule has 1 aliphatic heterocycles. The quantitative estimate of drug-likeness (QED) is 0.750. The van der Waals surface area contributed by atoms with Crippen molar-refractivity contribution in [1.29, 1.82) is 0 Å². The summed E-state index contributed by atoms with van der Waals surface area (Å²) in [6.45, 7) is 8.92. The lowest BCUT2D eigenvalue weighted by Crippen LogP contribution is -2.50. The molecule has 18 heavy (non-hydrogen) atoms. The van der Waals surface area contributed by atoms with E-state index < -0.39 is 0 Å². The molecule has 106 valence electrons. The molecule has 2 atom stereocenters. The molecule has 1 aliphatic rings. The van der Waals surface area contributed by atoms with Crippen LogP contribution in [-0.4, -0.2) is 49.6 Å². The van der Waals surface area contributed by atoms with Gasteiger partial charge in [0.25, 0.3) is 0 Å². The Balaban J connectivity index is 2.41. The number of piperidine rings is 1. The van der Waals surface area contributed by atoms with Gasteiger partial charge in [-0.3, -0.25) is 9.69 Å². The molecule has 0 aromatic carbocycles. The second kappa shape index (κ2) is 7.74. The minimum Gasteiger partial charge on any atom is -0.352 e. The molecule has 0 bridgehead atoms.